The number of hydrogen-bond donors (Lipinski definition) is 1. The summed E-state index contributed by atoms with van der Waals surface area (Å²) in [5, 5.41) is 21.3. The van der Waals surface area contributed by atoms with E-state index in [9.17, 15) is 24.5 Å². The van der Waals surface area contributed by atoms with Crippen LogP contribution in [-0.4, -0.2) is 44.3 Å². The molecule has 30 heavy (non-hydrogen) atoms. The Morgan fingerprint density at radius 1 is 1.33 bits per heavy atom. The molecule has 1 N–H and O–H groups in total. The number of carbonyl (C=O) groups is 2. The first-order valence-corrected chi connectivity index (χ1v) is 9.93. The van der Waals surface area contributed by atoms with Gasteiger partial charge < -0.3 is 15.0 Å². The molecule has 2 heterocycles. The fraction of sp³-hybridized carbons (Fsp3) is 0.524. The molecule has 1 aromatic carbocycles. The lowest BCUT2D eigenvalue weighted by Crippen LogP contribution is -2.37. The summed E-state index contributed by atoms with van der Waals surface area (Å²) in [6, 6.07) is 8.96. The minimum absolute atomic E-state index is 0.209. The molecule has 4 rings (SSSR count). The van der Waals surface area contributed by atoms with Gasteiger partial charge in [0.25, 0.3) is 0 Å². The van der Waals surface area contributed by atoms with Gasteiger partial charge in [-0.3, -0.25) is 9.69 Å². The molecule has 1 aliphatic carbocycles. The molecule has 9 heteroatoms. The Bertz CT molecular complexity index is 960. The van der Waals surface area contributed by atoms with Crippen molar-refractivity contribution in [3.63, 3.8) is 0 Å². The number of carbonyl (C=O) groups excluding carboxylic acids is 2. The van der Waals surface area contributed by atoms with Crippen LogP contribution in [0.5, 0.6) is 0 Å². The van der Waals surface area contributed by atoms with E-state index in [0.29, 0.717) is 43.7 Å². The van der Waals surface area contributed by atoms with Gasteiger partial charge >= 0.3 is 6.09 Å². The number of ether oxygens (including phenoxy) is 1. The quantitative estimate of drug-likeness (QED) is 0.814. The van der Waals surface area contributed by atoms with Crippen LogP contribution in [0.1, 0.15) is 26.2 Å². The summed E-state index contributed by atoms with van der Waals surface area (Å²) < 4.78 is 20.1. The molecule has 1 unspecified atom stereocenters. The first-order valence-electron chi connectivity index (χ1n) is 9.93. The summed E-state index contributed by atoms with van der Waals surface area (Å²) >= 11 is 0. The van der Waals surface area contributed by atoms with Gasteiger partial charge in [-0.2, -0.15) is 10.5 Å². The van der Waals surface area contributed by atoms with Gasteiger partial charge in [0.2, 0.25) is 5.91 Å². The monoisotopic (exact) mass is 411 g/mol. The molecule has 1 saturated carbocycles. The third-order valence-electron chi connectivity index (χ3n) is 6.52. The molecule has 8 nitrogen and oxygen atoms in total. The molecule has 3 aliphatic rings. The zero-order valence-electron chi connectivity index (χ0n) is 16.7. The Kier molecular flexibility index (Phi) is 4.77. The summed E-state index contributed by atoms with van der Waals surface area (Å²) in [5.74, 6) is -0.652. The molecule has 3 fully saturated rings. The highest BCUT2D eigenvalue weighted by Crippen LogP contribution is 2.68. The summed E-state index contributed by atoms with van der Waals surface area (Å²) in [4.78, 5) is 26.4. The average Bonchev–Trinajstić information content (AvgIpc) is 3.19. The fourth-order valence-electron chi connectivity index (χ4n) is 4.60. The minimum Gasteiger partial charge on any atom is -0.442 e. The van der Waals surface area contributed by atoms with E-state index in [1.807, 2.05) is 4.90 Å². The molecule has 156 valence electrons. The largest absolute Gasteiger partial charge is 0.442 e. The van der Waals surface area contributed by atoms with Crippen molar-refractivity contribution in [1.29, 1.82) is 10.5 Å². The molecular formula is C21H22FN5O3. The van der Waals surface area contributed by atoms with Crippen LogP contribution in [0.4, 0.5) is 20.6 Å². The van der Waals surface area contributed by atoms with Gasteiger partial charge in [-0.05, 0) is 37.5 Å². The van der Waals surface area contributed by atoms with Gasteiger partial charge in [0.15, 0.2) is 0 Å². The topological polar surface area (TPSA) is 109 Å². The molecule has 0 radical (unpaired) electrons. The molecule has 2 amide bonds. The van der Waals surface area contributed by atoms with Crippen molar-refractivity contribution in [2.24, 2.45) is 10.8 Å². The predicted octanol–water partition coefficient (Wildman–Crippen LogP) is 2.31. The van der Waals surface area contributed by atoms with Crippen LogP contribution in [0.15, 0.2) is 18.2 Å². The van der Waals surface area contributed by atoms with E-state index >= 15 is 0 Å². The number of hydrogen-bond acceptors (Lipinski definition) is 6. The van der Waals surface area contributed by atoms with Crippen molar-refractivity contribution in [2.45, 2.75) is 32.3 Å². The molecular weight excluding hydrogens is 389 g/mol. The second-order valence-corrected chi connectivity index (χ2v) is 8.26. The molecule has 2 aliphatic heterocycles. The third kappa shape index (κ3) is 3.21. The number of piperidine rings is 1. The lowest BCUT2D eigenvalue weighted by Gasteiger charge is -2.35. The van der Waals surface area contributed by atoms with Gasteiger partial charge in [0.1, 0.15) is 17.3 Å². The lowest BCUT2D eigenvalue weighted by molar-refractivity contribution is -0.119. The van der Waals surface area contributed by atoms with E-state index in [-0.39, 0.29) is 24.4 Å². The van der Waals surface area contributed by atoms with Crippen molar-refractivity contribution in [3.05, 3.63) is 24.0 Å². The van der Waals surface area contributed by atoms with Crippen LogP contribution in [0.3, 0.4) is 0 Å². The number of amides is 2. The molecule has 2 saturated heterocycles. The lowest BCUT2D eigenvalue weighted by atomic mass is 9.85. The number of benzene rings is 1. The highest BCUT2D eigenvalue weighted by molar-refractivity contribution is 5.90. The zero-order chi connectivity index (χ0) is 21.5. The van der Waals surface area contributed by atoms with Crippen LogP contribution in [-0.2, 0) is 9.53 Å². The molecule has 0 bridgehead atoms. The van der Waals surface area contributed by atoms with Crippen LogP contribution < -0.4 is 15.1 Å². The highest BCUT2D eigenvalue weighted by Gasteiger charge is 2.69. The highest BCUT2D eigenvalue weighted by atomic mass is 19.1. The number of anilines is 2. The van der Waals surface area contributed by atoms with Crippen molar-refractivity contribution >= 4 is 23.4 Å². The standard InChI is InChI=1S/C21H22FN5O3/c1-14(28)25-9-16-10-27(19(29)30-16)15-2-3-18(17(22)8-15)26-6-4-20(5-7-26)11-21(20,12-23)13-24/h2-3,8,16H,4-7,9-11H2,1H3,(H,25,28). The van der Waals surface area contributed by atoms with Gasteiger partial charge in [-0.15, -0.1) is 0 Å². The first kappa shape index (κ1) is 20.0. The predicted molar refractivity (Wildman–Crippen MR) is 105 cm³/mol. The van der Waals surface area contributed by atoms with Crippen molar-refractivity contribution in [3.8, 4) is 12.1 Å². The normalized spacial score (nSPS) is 23.5. The average molecular weight is 411 g/mol. The Hall–Kier alpha value is -3.33. The van der Waals surface area contributed by atoms with E-state index in [4.69, 9.17) is 4.74 Å². The fourth-order valence-corrected chi connectivity index (χ4v) is 4.60. The van der Waals surface area contributed by atoms with Crippen LogP contribution >= 0.6 is 0 Å². The number of rotatable bonds is 4. The van der Waals surface area contributed by atoms with Crippen LogP contribution in [0.25, 0.3) is 0 Å². The maximum atomic E-state index is 14.9. The number of nitrogens with zero attached hydrogens (tertiary/aromatic N) is 4. The second kappa shape index (κ2) is 7.17. The number of cyclic esters (lactones) is 1. The Labute approximate surface area is 173 Å². The Balaban J connectivity index is 1.41. The zero-order valence-corrected chi connectivity index (χ0v) is 16.7. The smallest absolute Gasteiger partial charge is 0.414 e. The molecule has 1 atom stereocenters. The number of nitrogens with one attached hydrogen (secondary N) is 1. The van der Waals surface area contributed by atoms with Crippen molar-refractivity contribution in [1.82, 2.24) is 5.32 Å². The van der Waals surface area contributed by atoms with Gasteiger partial charge in [-0.25, -0.2) is 9.18 Å². The van der Waals surface area contributed by atoms with E-state index in [1.54, 1.807) is 12.1 Å². The van der Waals surface area contributed by atoms with E-state index in [2.05, 4.69) is 17.5 Å². The minimum atomic E-state index is -0.884. The molecule has 1 spiro atoms. The maximum absolute atomic E-state index is 14.9. The van der Waals surface area contributed by atoms with E-state index in [1.165, 1.54) is 17.9 Å². The molecule has 1 aromatic rings. The number of nitriles is 2. The van der Waals surface area contributed by atoms with Gasteiger partial charge in [-0.1, -0.05) is 0 Å². The Morgan fingerprint density at radius 2 is 2.03 bits per heavy atom. The SMILES string of the molecule is CC(=O)NCC1CN(c2ccc(N3CCC4(CC3)CC4(C#N)C#N)c(F)c2)C(=O)O1. The van der Waals surface area contributed by atoms with Crippen molar-refractivity contribution in [2.75, 3.05) is 36.0 Å². The van der Waals surface area contributed by atoms with Gasteiger partial charge in [0.05, 0.1) is 36.6 Å². The molecule has 0 aromatic heterocycles. The number of halogens is 1. The Morgan fingerprint density at radius 3 is 2.60 bits per heavy atom. The van der Waals surface area contributed by atoms with Gasteiger partial charge in [0, 0.05) is 25.4 Å². The maximum Gasteiger partial charge on any atom is 0.414 e. The van der Waals surface area contributed by atoms with Crippen molar-refractivity contribution < 1.29 is 18.7 Å². The van der Waals surface area contributed by atoms with E-state index in [0.717, 1.165) is 0 Å². The third-order valence-corrected chi connectivity index (χ3v) is 6.52. The van der Waals surface area contributed by atoms with E-state index < -0.39 is 23.4 Å². The second-order valence-electron chi connectivity index (χ2n) is 8.26. The van der Waals surface area contributed by atoms with Crippen LogP contribution in [0, 0.1) is 39.3 Å². The first-order chi connectivity index (χ1) is 14.3. The summed E-state index contributed by atoms with van der Waals surface area (Å²) in [7, 11) is 0. The summed E-state index contributed by atoms with van der Waals surface area (Å²) in [5.41, 5.74) is -0.303. The summed E-state index contributed by atoms with van der Waals surface area (Å²) in [6.45, 7) is 2.97. The van der Waals surface area contributed by atoms with Crippen LogP contribution in [0.2, 0.25) is 0 Å². The summed E-state index contributed by atoms with van der Waals surface area (Å²) in [6.07, 6.45) is 0.896.